The summed E-state index contributed by atoms with van der Waals surface area (Å²) in [5.74, 6) is 0. The van der Waals surface area contributed by atoms with Gasteiger partial charge in [0, 0.05) is 17.8 Å². The van der Waals surface area contributed by atoms with Crippen molar-refractivity contribution in [1.29, 1.82) is 0 Å². The summed E-state index contributed by atoms with van der Waals surface area (Å²) in [7, 11) is 1.94. The van der Waals surface area contributed by atoms with Gasteiger partial charge in [-0.05, 0) is 31.5 Å². The fourth-order valence-electron chi connectivity index (χ4n) is 2.07. The number of nitrogens with one attached hydrogen (secondary N) is 2. The lowest BCUT2D eigenvalue weighted by atomic mass is 10.0. The Hall–Kier alpha value is -1.61. The molecule has 2 rings (SSSR count). The third-order valence-electron chi connectivity index (χ3n) is 3.02. The quantitative estimate of drug-likeness (QED) is 0.846. The lowest BCUT2D eigenvalue weighted by Crippen LogP contribution is -2.06. The molecule has 0 bridgehead atoms. The average molecular weight is 229 g/mol. The Kier molecular flexibility index (Phi) is 3.59. The molecule has 90 valence electrons. The van der Waals surface area contributed by atoms with E-state index < -0.39 is 0 Å². The third kappa shape index (κ3) is 2.39. The van der Waals surface area contributed by atoms with Crippen LogP contribution in [0.3, 0.4) is 0 Å². The molecule has 0 saturated heterocycles. The van der Waals surface area contributed by atoms with Crippen LogP contribution in [-0.4, -0.2) is 17.2 Å². The smallest absolute Gasteiger partial charge is 0.0840 e. The summed E-state index contributed by atoms with van der Waals surface area (Å²) < 4.78 is 0. The number of H-pyrrole nitrogens is 1. The van der Waals surface area contributed by atoms with Crippen molar-refractivity contribution in [3.8, 4) is 11.1 Å². The SMILES string of the molecule is CCc1ccc(-c2c(CNC)n[nH]c2C)cc1. The van der Waals surface area contributed by atoms with Gasteiger partial charge >= 0.3 is 0 Å². The number of benzene rings is 1. The lowest BCUT2D eigenvalue weighted by molar-refractivity contribution is 0.785. The van der Waals surface area contributed by atoms with E-state index >= 15 is 0 Å². The van der Waals surface area contributed by atoms with Crippen LogP contribution in [0.25, 0.3) is 11.1 Å². The highest BCUT2D eigenvalue weighted by Crippen LogP contribution is 2.26. The molecule has 0 unspecified atom stereocenters. The molecule has 1 aromatic heterocycles. The number of aryl methyl sites for hydroxylation is 2. The second kappa shape index (κ2) is 5.15. The van der Waals surface area contributed by atoms with Gasteiger partial charge in [0.1, 0.15) is 0 Å². The lowest BCUT2D eigenvalue weighted by Gasteiger charge is -2.05. The van der Waals surface area contributed by atoms with Crippen LogP contribution in [0.15, 0.2) is 24.3 Å². The van der Waals surface area contributed by atoms with Crippen LogP contribution >= 0.6 is 0 Å². The summed E-state index contributed by atoms with van der Waals surface area (Å²) in [6.07, 6.45) is 1.08. The molecular weight excluding hydrogens is 210 g/mol. The highest BCUT2D eigenvalue weighted by Gasteiger charge is 2.11. The maximum Gasteiger partial charge on any atom is 0.0840 e. The van der Waals surface area contributed by atoms with E-state index in [1.165, 1.54) is 16.7 Å². The van der Waals surface area contributed by atoms with Crippen LogP contribution in [0.4, 0.5) is 0 Å². The first kappa shape index (κ1) is 11.9. The number of aromatic nitrogens is 2. The topological polar surface area (TPSA) is 40.7 Å². The molecule has 0 atom stereocenters. The maximum absolute atomic E-state index is 4.34. The van der Waals surface area contributed by atoms with Crippen LogP contribution < -0.4 is 5.32 Å². The first-order chi connectivity index (χ1) is 8.26. The van der Waals surface area contributed by atoms with Crippen LogP contribution in [0.1, 0.15) is 23.9 Å². The first-order valence-corrected chi connectivity index (χ1v) is 6.04. The predicted molar refractivity (Wildman–Crippen MR) is 70.9 cm³/mol. The number of aromatic amines is 1. The molecule has 2 N–H and O–H groups in total. The van der Waals surface area contributed by atoms with Crippen molar-refractivity contribution >= 4 is 0 Å². The van der Waals surface area contributed by atoms with Crippen molar-refractivity contribution in [2.75, 3.05) is 7.05 Å². The molecule has 0 spiro atoms. The molecule has 1 aromatic carbocycles. The molecule has 3 nitrogen and oxygen atoms in total. The Bertz CT molecular complexity index is 483. The van der Waals surface area contributed by atoms with Crippen molar-refractivity contribution in [3.63, 3.8) is 0 Å². The van der Waals surface area contributed by atoms with E-state index in [1.54, 1.807) is 0 Å². The standard InChI is InChI=1S/C14H19N3/c1-4-11-5-7-12(8-6-11)14-10(2)16-17-13(14)9-15-3/h5-8,15H,4,9H2,1-3H3,(H,16,17). The van der Waals surface area contributed by atoms with Gasteiger partial charge in [-0.15, -0.1) is 0 Å². The highest BCUT2D eigenvalue weighted by molar-refractivity contribution is 5.68. The molecule has 2 aromatic rings. The normalized spacial score (nSPS) is 10.8. The number of nitrogens with zero attached hydrogens (tertiary/aromatic N) is 1. The van der Waals surface area contributed by atoms with Crippen molar-refractivity contribution in [3.05, 3.63) is 41.2 Å². The summed E-state index contributed by atoms with van der Waals surface area (Å²) >= 11 is 0. The van der Waals surface area contributed by atoms with Gasteiger partial charge in [-0.2, -0.15) is 5.10 Å². The van der Waals surface area contributed by atoms with E-state index in [2.05, 4.69) is 53.6 Å². The van der Waals surface area contributed by atoms with Crippen molar-refractivity contribution in [2.45, 2.75) is 26.8 Å². The second-order valence-electron chi connectivity index (χ2n) is 4.25. The zero-order valence-electron chi connectivity index (χ0n) is 10.7. The number of rotatable bonds is 4. The van der Waals surface area contributed by atoms with E-state index in [1.807, 2.05) is 7.05 Å². The molecule has 0 saturated carbocycles. The molecule has 0 fully saturated rings. The summed E-state index contributed by atoms with van der Waals surface area (Å²) in [6.45, 7) is 5.02. The van der Waals surface area contributed by atoms with Crippen LogP contribution in [0.5, 0.6) is 0 Å². The maximum atomic E-state index is 4.34. The predicted octanol–water partition coefficient (Wildman–Crippen LogP) is 2.67. The molecule has 0 aliphatic heterocycles. The molecule has 0 aliphatic rings. The van der Waals surface area contributed by atoms with E-state index in [0.29, 0.717) is 0 Å². The molecule has 17 heavy (non-hydrogen) atoms. The van der Waals surface area contributed by atoms with Crippen molar-refractivity contribution < 1.29 is 0 Å². The Labute approximate surface area is 102 Å². The molecular formula is C14H19N3. The second-order valence-corrected chi connectivity index (χ2v) is 4.25. The van der Waals surface area contributed by atoms with Crippen LogP contribution in [0.2, 0.25) is 0 Å². The monoisotopic (exact) mass is 229 g/mol. The zero-order valence-corrected chi connectivity index (χ0v) is 10.7. The van der Waals surface area contributed by atoms with Crippen LogP contribution in [-0.2, 0) is 13.0 Å². The Morgan fingerprint density at radius 3 is 2.53 bits per heavy atom. The van der Waals surface area contributed by atoms with Gasteiger partial charge < -0.3 is 5.32 Å². The summed E-state index contributed by atoms with van der Waals surface area (Å²) in [4.78, 5) is 0. The van der Waals surface area contributed by atoms with E-state index in [-0.39, 0.29) is 0 Å². The van der Waals surface area contributed by atoms with Gasteiger partial charge in [-0.3, -0.25) is 5.10 Å². The van der Waals surface area contributed by atoms with Crippen LogP contribution in [0, 0.1) is 6.92 Å². The van der Waals surface area contributed by atoms with Gasteiger partial charge in [0.2, 0.25) is 0 Å². The summed E-state index contributed by atoms with van der Waals surface area (Å²) in [5, 5.41) is 10.5. The summed E-state index contributed by atoms with van der Waals surface area (Å²) in [6, 6.07) is 8.72. The van der Waals surface area contributed by atoms with Gasteiger partial charge in [0.25, 0.3) is 0 Å². The minimum absolute atomic E-state index is 0.787. The number of hydrogen-bond donors (Lipinski definition) is 2. The van der Waals surface area contributed by atoms with Gasteiger partial charge in [-0.25, -0.2) is 0 Å². The van der Waals surface area contributed by atoms with Crippen molar-refractivity contribution in [1.82, 2.24) is 15.5 Å². The largest absolute Gasteiger partial charge is 0.314 e. The Morgan fingerprint density at radius 2 is 1.94 bits per heavy atom. The van der Waals surface area contributed by atoms with Gasteiger partial charge in [-0.1, -0.05) is 31.2 Å². The molecule has 0 radical (unpaired) electrons. The molecule has 3 heteroatoms. The molecule has 0 amide bonds. The zero-order chi connectivity index (χ0) is 12.3. The first-order valence-electron chi connectivity index (χ1n) is 6.04. The van der Waals surface area contributed by atoms with Gasteiger partial charge in [0.15, 0.2) is 0 Å². The van der Waals surface area contributed by atoms with E-state index in [9.17, 15) is 0 Å². The third-order valence-corrected chi connectivity index (χ3v) is 3.02. The minimum Gasteiger partial charge on any atom is -0.314 e. The molecule has 1 heterocycles. The van der Waals surface area contributed by atoms with E-state index in [0.717, 1.165) is 24.4 Å². The summed E-state index contributed by atoms with van der Waals surface area (Å²) in [5.41, 5.74) is 6.03. The highest BCUT2D eigenvalue weighted by atomic mass is 15.1. The van der Waals surface area contributed by atoms with Gasteiger partial charge in [0.05, 0.1) is 5.69 Å². The Balaban J connectivity index is 2.40. The fourth-order valence-corrected chi connectivity index (χ4v) is 2.07. The fraction of sp³-hybridized carbons (Fsp3) is 0.357. The number of hydrogen-bond acceptors (Lipinski definition) is 2. The van der Waals surface area contributed by atoms with E-state index in [4.69, 9.17) is 0 Å². The minimum atomic E-state index is 0.787. The molecule has 0 aliphatic carbocycles. The average Bonchev–Trinajstić information content (AvgIpc) is 2.71. The Morgan fingerprint density at radius 1 is 1.24 bits per heavy atom. The van der Waals surface area contributed by atoms with Crippen molar-refractivity contribution in [2.24, 2.45) is 0 Å².